The highest BCUT2D eigenvalue weighted by Crippen LogP contribution is 2.22. The lowest BCUT2D eigenvalue weighted by Crippen LogP contribution is -2.02. The SMILES string of the molecule is O=S(O)Nc1nsc(-c2ccccc2)n1. The van der Waals surface area contributed by atoms with Gasteiger partial charge in [-0.15, -0.1) is 0 Å². The van der Waals surface area contributed by atoms with Crippen LogP contribution in [0.3, 0.4) is 0 Å². The molecule has 78 valence electrons. The average Bonchev–Trinajstić information content (AvgIpc) is 2.67. The number of rotatable bonds is 3. The van der Waals surface area contributed by atoms with Gasteiger partial charge in [-0.05, 0) is 11.5 Å². The van der Waals surface area contributed by atoms with Gasteiger partial charge in [-0.2, -0.15) is 9.36 Å². The lowest BCUT2D eigenvalue weighted by Gasteiger charge is -1.93. The van der Waals surface area contributed by atoms with Crippen LogP contribution < -0.4 is 4.72 Å². The van der Waals surface area contributed by atoms with Crippen LogP contribution in [0, 0.1) is 0 Å². The van der Waals surface area contributed by atoms with E-state index in [1.54, 1.807) is 0 Å². The molecule has 1 aromatic carbocycles. The van der Waals surface area contributed by atoms with Crippen molar-refractivity contribution in [1.29, 1.82) is 0 Å². The molecule has 7 heteroatoms. The van der Waals surface area contributed by atoms with E-state index in [0.717, 1.165) is 5.56 Å². The Morgan fingerprint density at radius 2 is 2.07 bits per heavy atom. The number of hydrogen-bond donors (Lipinski definition) is 2. The second kappa shape index (κ2) is 4.47. The zero-order chi connectivity index (χ0) is 10.7. The first kappa shape index (κ1) is 10.2. The molecule has 0 fully saturated rings. The molecular formula is C8H7N3O2S2. The molecule has 1 heterocycles. The van der Waals surface area contributed by atoms with Crippen LogP contribution >= 0.6 is 11.5 Å². The smallest absolute Gasteiger partial charge is 0.261 e. The van der Waals surface area contributed by atoms with E-state index in [9.17, 15) is 4.21 Å². The van der Waals surface area contributed by atoms with E-state index in [2.05, 4.69) is 14.1 Å². The van der Waals surface area contributed by atoms with E-state index in [1.807, 2.05) is 30.3 Å². The molecule has 2 aromatic rings. The van der Waals surface area contributed by atoms with Crippen LogP contribution in [-0.2, 0) is 11.3 Å². The fourth-order valence-electron chi connectivity index (χ4n) is 1.04. The van der Waals surface area contributed by atoms with Gasteiger partial charge in [0.1, 0.15) is 5.01 Å². The number of nitrogens with one attached hydrogen (secondary N) is 1. The van der Waals surface area contributed by atoms with Gasteiger partial charge in [0.2, 0.25) is 5.95 Å². The van der Waals surface area contributed by atoms with Gasteiger partial charge in [0.05, 0.1) is 0 Å². The summed E-state index contributed by atoms with van der Waals surface area (Å²) < 4.78 is 25.1. The summed E-state index contributed by atoms with van der Waals surface area (Å²) in [5.74, 6) is 0.166. The third-order valence-electron chi connectivity index (χ3n) is 1.63. The third-order valence-corrected chi connectivity index (χ3v) is 2.75. The van der Waals surface area contributed by atoms with E-state index in [0.29, 0.717) is 5.01 Å². The van der Waals surface area contributed by atoms with Crippen LogP contribution in [0.25, 0.3) is 10.6 Å². The molecule has 1 atom stereocenters. The number of anilines is 1. The van der Waals surface area contributed by atoms with Crippen molar-refractivity contribution in [3.05, 3.63) is 30.3 Å². The van der Waals surface area contributed by atoms with Crippen molar-refractivity contribution in [3.8, 4) is 10.6 Å². The van der Waals surface area contributed by atoms with E-state index in [1.165, 1.54) is 11.5 Å². The van der Waals surface area contributed by atoms with Gasteiger partial charge in [0.25, 0.3) is 11.3 Å². The molecule has 0 spiro atoms. The van der Waals surface area contributed by atoms with Crippen molar-refractivity contribution >= 4 is 28.7 Å². The fraction of sp³-hybridized carbons (Fsp3) is 0. The van der Waals surface area contributed by atoms with Crippen molar-refractivity contribution in [2.75, 3.05) is 4.72 Å². The summed E-state index contributed by atoms with van der Waals surface area (Å²) in [6.07, 6.45) is 0. The van der Waals surface area contributed by atoms with E-state index < -0.39 is 11.3 Å². The molecule has 0 radical (unpaired) electrons. The molecule has 2 rings (SSSR count). The first-order valence-corrected chi connectivity index (χ1v) is 5.90. The number of nitrogens with zero attached hydrogens (tertiary/aromatic N) is 2. The molecule has 0 aliphatic heterocycles. The maximum absolute atomic E-state index is 10.4. The van der Waals surface area contributed by atoms with Crippen LogP contribution in [0.15, 0.2) is 30.3 Å². The molecule has 1 aromatic heterocycles. The first-order valence-electron chi connectivity index (χ1n) is 4.02. The van der Waals surface area contributed by atoms with Crippen LogP contribution in [-0.4, -0.2) is 18.1 Å². The van der Waals surface area contributed by atoms with Crippen molar-refractivity contribution < 1.29 is 8.76 Å². The second-order valence-electron chi connectivity index (χ2n) is 2.64. The van der Waals surface area contributed by atoms with E-state index in [4.69, 9.17) is 4.55 Å². The monoisotopic (exact) mass is 241 g/mol. The fourth-order valence-corrected chi connectivity index (χ4v) is 1.97. The molecule has 0 amide bonds. The number of hydrogen-bond acceptors (Lipinski definition) is 4. The Labute approximate surface area is 92.8 Å². The maximum atomic E-state index is 10.4. The van der Waals surface area contributed by atoms with Crippen LogP contribution in [0.5, 0.6) is 0 Å². The van der Waals surface area contributed by atoms with Crippen LogP contribution in [0.1, 0.15) is 0 Å². The summed E-state index contributed by atoms with van der Waals surface area (Å²) in [6, 6.07) is 9.51. The molecule has 0 saturated heterocycles. The van der Waals surface area contributed by atoms with Gasteiger partial charge in [0.15, 0.2) is 0 Å². The summed E-state index contributed by atoms with van der Waals surface area (Å²) in [6.45, 7) is 0. The van der Waals surface area contributed by atoms with E-state index >= 15 is 0 Å². The number of benzene rings is 1. The summed E-state index contributed by atoms with van der Waals surface area (Å²) in [5, 5.41) is 0.712. The zero-order valence-corrected chi connectivity index (χ0v) is 9.09. The van der Waals surface area contributed by atoms with Crippen molar-refractivity contribution in [2.24, 2.45) is 0 Å². The molecule has 5 nitrogen and oxygen atoms in total. The Morgan fingerprint density at radius 3 is 2.73 bits per heavy atom. The molecule has 1 unspecified atom stereocenters. The lowest BCUT2D eigenvalue weighted by molar-refractivity contribution is 0.570. The minimum atomic E-state index is -2.13. The van der Waals surface area contributed by atoms with Gasteiger partial charge in [0, 0.05) is 5.56 Å². The minimum Gasteiger partial charge on any atom is -0.289 e. The molecule has 2 N–H and O–H groups in total. The van der Waals surface area contributed by atoms with Crippen molar-refractivity contribution in [3.63, 3.8) is 0 Å². The Morgan fingerprint density at radius 1 is 1.33 bits per heavy atom. The molecule has 0 aliphatic rings. The summed E-state index contributed by atoms with van der Waals surface area (Å²) in [5.41, 5.74) is 0.937. The Balaban J connectivity index is 2.24. The van der Waals surface area contributed by atoms with Gasteiger partial charge >= 0.3 is 0 Å². The third kappa shape index (κ3) is 2.58. The lowest BCUT2D eigenvalue weighted by atomic mass is 10.2. The Bertz CT molecular complexity index is 472. The number of aromatic nitrogens is 2. The summed E-state index contributed by atoms with van der Waals surface area (Å²) >= 11 is -0.952. The predicted molar refractivity (Wildman–Crippen MR) is 59.7 cm³/mol. The van der Waals surface area contributed by atoms with Crippen molar-refractivity contribution in [1.82, 2.24) is 9.36 Å². The minimum absolute atomic E-state index is 0.166. The molecule has 15 heavy (non-hydrogen) atoms. The molecule has 0 bridgehead atoms. The molecule has 0 aliphatic carbocycles. The highest BCUT2D eigenvalue weighted by molar-refractivity contribution is 7.80. The van der Waals surface area contributed by atoms with Gasteiger partial charge < -0.3 is 0 Å². The zero-order valence-electron chi connectivity index (χ0n) is 7.45. The molecule has 0 saturated carbocycles. The highest BCUT2D eigenvalue weighted by Gasteiger charge is 2.06. The van der Waals surface area contributed by atoms with Crippen molar-refractivity contribution in [2.45, 2.75) is 0 Å². The predicted octanol–water partition coefficient (Wildman–Crippen LogP) is 1.75. The Kier molecular flexibility index (Phi) is 3.05. The topological polar surface area (TPSA) is 75.1 Å². The van der Waals surface area contributed by atoms with Gasteiger partial charge in [-0.3, -0.25) is 4.55 Å². The van der Waals surface area contributed by atoms with Gasteiger partial charge in [-0.1, -0.05) is 30.3 Å². The quantitative estimate of drug-likeness (QED) is 0.803. The van der Waals surface area contributed by atoms with Gasteiger partial charge in [-0.25, -0.2) is 8.93 Å². The summed E-state index contributed by atoms with van der Waals surface area (Å²) in [7, 11) is 0. The largest absolute Gasteiger partial charge is 0.289 e. The first-order chi connectivity index (χ1) is 7.25. The van der Waals surface area contributed by atoms with Crippen LogP contribution in [0.2, 0.25) is 0 Å². The second-order valence-corrected chi connectivity index (χ2v) is 4.09. The highest BCUT2D eigenvalue weighted by atomic mass is 32.2. The van der Waals surface area contributed by atoms with E-state index in [-0.39, 0.29) is 5.95 Å². The Hall–Kier alpha value is -1.31. The summed E-state index contributed by atoms with van der Waals surface area (Å²) in [4.78, 5) is 4.06. The normalized spacial score (nSPS) is 12.3. The standard InChI is InChI=1S/C8H7N3O2S2/c12-15(13)11-8-9-7(14-10-8)6-4-2-1-3-5-6/h1-5H,(H,10,11)(H,12,13). The molecular weight excluding hydrogens is 234 g/mol. The maximum Gasteiger partial charge on any atom is 0.261 e. The average molecular weight is 241 g/mol. The van der Waals surface area contributed by atoms with Crippen LogP contribution in [0.4, 0.5) is 5.95 Å².